The minimum absolute atomic E-state index is 0. The van der Waals surface area contributed by atoms with Crippen LogP contribution in [0.5, 0.6) is 0 Å². The second-order valence-corrected chi connectivity index (χ2v) is 4.92. The first-order chi connectivity index (χ1) is 7.74. The molecule has 0 saturated heterocycles. The summed E-state index contributed by atoms with van der Waals surface area (Å²) in [6.45, 7) is 7.61. The van der Waals surface area contributed by atoms with E-state index in [0.29, 0.717) is 0 Å². The number of hydrogen-bond donors (Lipinski definition) is 0. The third-order valence-corrected chi connectivity index (χ3v) is 2.75. The minimum Gasteiger partial charge on any atom is -0.419 e. The van der Waals surface area contributed by atoms with Gasteiger partial charge in [-0.15, -0.1) is 0 Å². The van der Waals surface area contributed by atoms with Gasteiger partial charge < -0.3 is 4.43 Å². The Morgan fingerprint density at radius 3 is 2.81 bits per heavy atom. The van der Waals surface area contributed by atoms with Crippen molar-refractivity contribution >= 4 is 15.5 Å². The Hall–Kier alpha value is -1.29. The van der Waals surface area contributed by atoms with Crippen molar-refractivity contribution in [2.45, 2.75) is 33.1 Å². The molecule has 0 rings (SSSR count). The van der Waals surface area contributed by atoms with Crippen molar-refractivity contribution in [3.05, 3.63) is 34.8 Å². The molecule has 88 valence electrons. The largest absolute Gasteiger partial charge is 0.419 e. The van der Waals surface area contributed by atoms with Gasteiger partial charge in [0.15, 0.2) is 0 Å². The number of hydrogen-bond acceptors (Lipinski definition) is 2. The van der Waals surface area contributed by atoms with Crippen LogP contribution in [0.15, 0.2) is 39.8 Å². The standard InChI is InChI=1S/C13H19NOSi.H2/c1-5-7-9-11-13(16-15-4)14-12(3)10-8-6-2;/h1,6,8,10,16H2,2-4H3;1H. The molecule has 0 heterocycles. The van der Waals surface area contributed by atoms with Crippen LogP contribution >= 0.6 is 0 Å². The maximum Gasteiger partial charge on any atom is 0.222 e. The highest BCUT2D eigenvalue weighted by molar-refractivity contribution is 6.38. The molecule has 0 fully saturated rings. The summed E-state index contributed by atoms with van der Waals surface area (Å²) in [5.74, 6) is 0. The lowest BCUT2D eigenvalue weighted by Crippen LogP contribution is -2.00. The average Bonchev–Trinajstić information content (AvgIpc) is 2.27. The lowest BCUT2D eigenvalue weighted by atomic mass is 10.2. The van der Waals surface area contributed by atoms with Gasteiger partial charge in [-0.25, -0.2) is 0 Å². The quantitative estimate of drug-likeness (QED) is 0.394. The van der Waals surface area contributed by atoms with E-state index >= 15 is 0 Å². The SMILES string of the molecule is C=C=C=C=C=C(N=C(C)CCCC)[SiH2]OC.[HH]. The van der Waals surface area contributed by atoms with Crippen molar-refractivity contribution < 1.29 is 5.85 Å². The Morgan fingerprint density at radius 2 is 2.25 bits per heavy atom. The van der Waals surface area contributed by atoms with Crippen LogP contribution < -0.4 is 0 Å². The summed E-state index contributed by atoms with van der Waals surface area (Å²) in [6, 6.07) is 0. The zero-order chi connectivity index (χ0) is 12.2. The molecule has 0 N–H and O–H groups in total. The predicted octanol–water partition coefficient (Wildman–Crippen LogP) is 2.71. The van der Waals surface area contributed by atoms with Gasteiger partial charge in [0.25, 0.3) is 0 Å². The van der Waals surface area contributed by atoms with Crippen LogP contribution in [0.25, 0.3) is 0 Å². The number of rotatable bonds is 6. The van der Waals surface area contributed by atoms with E-state index < -0.39 is 9.76 Å². The van der Waals surface area contributed by atoms with Crippen LogP contribution in [-0.2, 0) is 4.43 Å². The van der Waals surface area contributed by atoms with Gasteiger partial charge in [0.05, 0.1) is 5.32 Å². The molecular weight excluding hydrogens is 214 g/mol. The van der Waals surface area contributed by atoms with Gasteiger partial charge in [0, 0.05) is 14.2 Å². The number of nitrogens with zero attached hydrogens (tertiary/aromatic N) is 1. The summed E-state index contributed by atoms with van der Waals surface area (Å²) < 4.78 is 5.17. The predicted molar refractivity (Wildman–Crippen MR) is 73.5 cm³/mol. The van der Waals surface area contributed by atoms with E-state index in [0.717, 1.165) is 17.5 Å². The van der Waals surface area contributed by atoms with Crippen molar-refractivity contribution in [1.82, 2.24) is 0 Å². The van der Waals surface area contributed by atoms with Gasteiger partial charge in [-0.2, -0.15) is 0 Å². The Labute approximate surface area is 102 Å². The fraction of sp³-hybridized carbons (Fsp3) is 0.462. The van der Waals surface area contributed by atoms with E-state index in [1.54, 1.807) is 7.11 Å². The Kier molecular flexibility index (Phi) is 9.41. The normalized spacial score (nSPS) is 10.6. The van der Waals surface area contributed by atoms with Gasteiger partial charge in [-0.1, -0.05) is 19.1 Å². The van der Waals surface area contributed by atoms with Crippen molar-refractivity contribution in [2.75, 3.05) is 7.11 Å². The van der Waals surface area contributed by atoms with E-state index in [1.165, 1.54) is 12.8 Å². The van der Waals surface area contributed by atoms with Gasteiger partial charge >= 0.3 is 0 Å². The summed E-state index contributed by atoms with van der Waals surface area (Å²) in [6.07, 6.45) is 3.38. The summed E-state index contributed by atoms with van der Waals surface area (Å²) in [4.78, 5) is 4.48. The molecule has 0 aliphatic rings. The molecule has 0 saturated carbocycles. The molecule has 2 nitrogen and oxygen atoms in total. The Morgan fingerprint density at radius 1 is 1.50 bits per heavy atom. The first kappa shape index (κ1) is 14.7. The third kappa shape index (κ3) is 8.05. The van der Waals surface area contributed by atoms with Crippen molar-refractivity contribution in [2.24, 2.45) is 4.99 Å². The maximum absolute atomic E-state index is 5.17. The van der Waals surface area contributed by atoms with Crippen molar-refractivity contribution in [3.8, 4) is 0 Å². The Bertz CT molecular complexity index is 392. The highest BCUT2D eigenvalue weighted by Crippen LogP contribution is 2.00. The minimum atomic E-state index is -0.791. The number of unbranched alkanes of at least 4 members (excludes halogenated alkanes) is 1. The molecule has 0 aromatic rings. The molecule has 0 radical (unpaired) electrons. The van der Waals surface area contributed by atoms with E-state index in [-0.39, 0.29) is 1.43 Å². The molecule has 0 unspecified atom stereocenters. The lowest BCUT2D eigenvalue weighted by Gasteiger charge is -2.00. The molecule has 0 spiro atoms. The van der Waals surface area contributed by atoms with Crippen molar-refractivity contribution in [1.29, 1.82) is 0 Å². The molecule has 0 aliphatic carbocycles. The van der Waals surface area contributed by atoms with Gasteiger partial charge in [-0.3, -0.25) is 4.99 Å². The molecular formula is C13H21NOSi. The molecule has 0 atom stereocenters. The van der Waals surface area contributed by atoms with Crippen LogP contribution in [0.3, 0.4) is 0 Å². The zero-order valence-corrected chi connectivity index (χ0v) is 11.8. The van der Waals surface area contributed by atoms with E-state index in [1.807, 2.05) is 6.92 Å². The average molecular weight is 235 g/mol. The zero-order valence-electron chi connectivity index (χ0n) is 10.4. The second kappa shape index (κ2) is 10.2. The first-order valence-corrected chi connectivity index (χ1v) is 6.70. The van der Waals surface area contributed by atoms with Crippen LogP contribution in [-0.4, -0.2) is 22.6 Å². The van der Waals surface area contributed by atoms with Crippen LogP contribution in [0.2, 0.25) is 0 Å². The third-order valence-electron chi connectivity index (χ3n) is 1.86. The topological polar surface area (TPSA) is 21.6 Å². The summed E-state index contributed by atoms with van der Waals surface area (Å²) in [5, 5.41) is 0.860. The molecule has 0 aromatic heterocycles. The molecule has 16 heavy (non-hydrogen) atoms. The fourth-order valence-corrected chi connectivity index (χ4v) is 1.87. The first-order valence-electron chi connectivity index (χ1n) is 5.41. The maximum atomic E-state index is 5.17. The molecule has 0 amide bonds. The monoisotopic (exact) mass is 235 g/mol. The molecule has 3 heteroatoms. The summed E-state index contributed by atoms with van der Waals surface area (Å²) >= 11 is 0. The van der Waals surface area contributed by atoms with E-state index in [9.17, 15) is 0 Å². The second-order valence-electron chi connectivity index (χ2n) is 3.38. The van der Waals surface area contributed by atoms with Crippen molar-refractivity contribution in [3.63, 3.8) is 0 Å². The smallest absolute Gasteiger partial charge is 0.222 e. The van der Waals surface area contributed by atoms with Gasteiger partial charge in [-0.05, 0) is 43.5 Å². The van der Waals surface area contributed by atoms with Gasteiger partial charge in [0.2, 0.25) is 9.76 Å². The van der Waals surface area contributed by atoms with E-state index in [4.69, 9.17) is 4.43 Å². The van der Waals surface area contributed by atoms with Crippen LogP contribution in [0.4, 0.5) is 0 Å². The highest BCUT2D eigenvalue weighted by Gasteiger charge is 1.96. The highest BCUT2D eigenvalue weighted by atomic mass is 28.2. The van der Waals surface area contributed by atoms with Crippen LogP contribution in [0.1, 0.15) is 34.5 Å². The molecule has 0 aliphatic heterocycles. The lowest BCUT2D eigenvalue weighted by molar-refractivity contribution is 0.447. The van der Waals surface area contributed by atoms with Crippen LogP contribution in [0, 0.1) is 0 Å². The van der Waals surface area contributed by atoms with Gasteiger partial charge in [0.1, 0.15) is 0 Å². The Balaban J connectivity index is 0. The fourth-order valence-electron chi connectivity index (χ4n) is 1.10. The van der Waals surface area contributed by atoms with E-state index in [2.05, 4.69) is 41.4 Å². The summed E-state index contributed by atoms with van der Waals surface area (Å²) in [7, 11) is 0.901. The number of aliphatic imine (C=N–C) groups is 1. The molecule has 0 bridgehead atoms. The summed E-state index contributed by atoms with van der Waals surface area (Å²) in [5.41, 5.74) is 11.9. The molecule has 0 aromatic carbocycles.